The van der Waals surface area contributed by atoms with E-state index in [4.69, 9.17) is 9.47 Å². The Kier molecular flexibility index (Phi) is 5.17. The van der Waals surface area contributed by atoms with E-state index in [0.717, 1.165) is 17.5 Å². The van der Waals surface area contributed by atoms with E-state index in [2.05, 4.69) is 5.32 Å². The monoisotopic (exact) mass is 289 g/mol. The fourth-order valence-corrected chi connectivity index (χ4v) is 2.35. The molecule has 0 aliphatic carbocycles. The van der Waals surface area contributed by atoms with Gasteiger partial charge in [0.15, 0.2) is 11.5 Å². The fourth-order valence-electron chi connectivity index (χ4n) is 2.35. The van der Waals surface area contributed by atoms with Crippen LogP contribution in [0.4, 0.5) is 4.39 Å². The van der Waals surface area contributed by atoms with Crippen molar-refractivity contribution in [2.45, 2.75) is 12.5 Å². The third kappa shape index (κ3) is 3.73. The van der Waals surface area contributed by atoms with Crippen LogP contribution in [0.5, 0.6) is 11.5 Å². The number of hydrogen-bond acceptors (Lipinski definition) is 3. The van der Waals surface area contributed by atoms with Crippen LogP contribution in [0.25, 0.3) is 0 Å². The summed E-state index contributed by atoms with van der Waals surface area (Å²) in [5.74, 6) is 1.18. The molecule has 1 atom stereocenters. The van der Waals surface area contributed by atoms with Gasteiger partial charge in [-0.15, -0.1) is 0 Å². The maximum Gasteiger partial charge on any atom is 0.160 e. The van der Waals surface area contributed by atoms with E-state index in [9.17, 15) is 4.39 Å². The Morgan fingerprint density at radius 1 is 1.05 bits per heavy atom. The molecule has 0 bridgehead atoms. The third-order valence-corrected chi connectivity index (χ3v) is 3.49. The number of hydrogen-bond donors (Lipinski definition) is 1. The van der Waals surface area contributed by atoms with Crippen molar-refractivity contribution in [3.8, 4) is 11.5 Å². The van der Waals surface area contributed by atoms with Gasteiger partial charge in [0, 0.05) is 6.04 Å². The zero-order chi connectivity index (χ0) is 15.2. The summed E-state index contributed by atoms with van der Waals surface area (Å²) in [6, 6.07) is 12.5. The number of ether oxygens (including phenoxy) is 2. The van der Waals surface area contributed by atoms with E-state index in [1.807, 2.05) is 31.3 Å². The Morgan fingerprint density at radius 2 is 1.81 bits per heavy atom. The van der Waals surface area contributed by atoms with Crippen molar-refractivity contribution in [3.63, 3.8) is 0 Å². The van der Waals surface area contributed by atoms with Crippen LogP contribution in [-0.2, 0) is 6.42 Å². The predicted octanol–water partition coefficient (Wildman–Crippen LogP) is 3.35. The van der Waals surface area contributed by atoms with Gasteiger partial charge in [-0.3, -0.25) is 0 Å². The highest BCUT2D eigenvalue weighted by atomic mass is 19.1. The van der Waals surface area contributed by atoms with Gasteiger partial charge in [-0.1, -0.05) is 18.2 Å². The van der Waals surface area contributed by atoms with Crippen LogP contribution in [0.3, 0.4) is 0 Å². The van der Waals surface area contributed by atoms with Crippen molar-refractivity contribution in [2.75, 3.05) is 21.3 Å². The topological polar surface area (TPSA) is 30.5 Å². The van der Waals surface area contributed by atoms with Gasteiger partial charge in [0.2, 0.25) is 0 Å². The van der Waals surface area contributed by atoms with E-state index in [1.54, 1.807) is 26.4 Å². The summed E-state index contributed by atoms with van der Waals surface area (Å²) >= 11 is 0. The molecule has 2 aromatic carbocycles. The van der Waals surface area contributed by atoms with Crippen molar-refractivity contribution in [1.82, 2.24) is 5.32 Å². The van der Waals surface area contributed by atoms with E-state index >= 15 is 0 Å². The minimum atomic E-state index is -0.222. The average Bonchev–Trinajstić information content (AvgIpc) is 2.52. The Labute approximate surface area is 124 Å². The number of halogens is 1. The first-order chi connectivity index (χ1) is 10.2. The van der Waals surface area contributed by atoms with Gasteiger partial charge >= 0.3 is 0 Å². The van der Waals surface area contributed by atoms with Crippen LogP contribution in [-0.4, -0.2) is 21.3 Å². The fraction of sp³-hybridized carbons (Fsp3) is 0.294. The van der Waals surface area contributed by atoms with Gasteiger partial charge < -0.3 is 14.8 Å². The van der Waals surface area contributed by atoms with Crippen LogP contribution in [0.1, 0.15) is 17.2 Å². The zero-order valence-corrected chi connectivity index (χ0v) is 12.5. The first kappa shape index (κ1) is 15.3. The van der Waals surface area contributed by atoms with Crippen molar-refractivity contribution >= 4 is 0 Å². The van der Waals surface area contributed by atoms with Gasteiger partial charge in [-0.25, -0.2) is 4.39 Å². The molecule has 0 heterocycles. The van der Waals surface area contributed by atoms with Gasteiger partial charge in [-0.2, -0.15) is 0 Å². The summed E-state index contributed by atoms with van der Waals surface area (Å²) in [6.07, 6.45) is 0.736. The molecule has 1 unspecified atom stereocenters. The molecule has 0 radical (unpaired) electrons. The molecule has 0 fully saturated rings. The zero-order valence-electron chi connectivity index (χ0n) is 12.5. The standard InChI is InChI=1S/C17H20FNO2/c1-19-15(13-5-4-6-14(18)11-13)9-12-7-8-16(20-2)17(10-12)21-3/h4-8,10-11,15,19H,9H2,1-3H3. The summed E-state index contributed by atoms with van der Waals surface area (Å²) in [4.78, 5) is 0. The molecule has 0 saturated heterocycles. The summed E-state index contributed by atoms with van der Waals surface area (Å²) in [6.45, 7) is 0. The highest BCUT2D eigenvalue weighted by molar-refractivity contribution is 5.43. The lowest BCUT2D eigenvalue weighted by atomic mass is 9.98. The van der Waals surface area contributed by atoms with Crippen LogP contribution >= 0.6 is 0 Å². The van der Waals surface area contributed by atoms with Crippen molar-refractivity contribution in [3.05, 3.63) is 59.4 Å². The molecule has 21 heavy (non-hydrogen) atoms. The maximum absolute atomic E-state index is 13.4. The maximum atomic E-state index is 13.4. The smallest absolute Gasteiger partial charge is 0.160 e. The van der Waals surface area contributed by atoms with E-state index in [0.29, 0.717) is 11.5 Å². The molecule has 4 heteroatoms. The molecule has 3 nitrogen and oxygen atoms in total. The van der Waals surface area contributed by atoms with Crippen LogP contribution in [0, 0.1) is 5.82 Å². The summed E-state index contributed by atoms with van der Waals surface area (Å²) in [7, 11) is 5.10. The lowest BCUT2D eigenvalue weighted by Crippen LogP contribution is -2.19. The average molecular weight is 289 g/mol. The van der Waals surface area contributed by atoms with Crippen molar-refractivity contribution in [2.24, 2.45) is 0 Å². The lowest BCUT2D eigenvalue weighted by Gasteiger charge is -2.18. The highest BCUT2D eigenvalue weighted by Crippen LogP contribution is 2.29. The second kappa shape index (κ2) is 7.09. The predicted molar refractivity (Wildman–Crippen MR) is 81.5 cm³/mol. The minimum Gasteiger partial charge on any atom is -0.493 e. The van der Waals surface area contributed by atoms with Gasteiger partial charge in [0.25, 0.3) is 0 Å². The van der Waals surface area contributed by atoms with Crippen LogP contribution in [0.2, 0.25) is 0 Å². The van der Waals surface area contributed by atoms with Crippen molar-refractivity contribution < 1.29 is 13.9 Å². The van der Waals surface area contributed by atoms with Crippen molar-refractivity contribution in [1.29, 1.82) is 0 Å². The first-order valence-corrected chi connectivity index (χ1v) is 6.81. The highest BCUT2D eigenvalue weighted by Gasteiger charge is 2.12. The molecule has 2 aromatic rings. The normalized spacial score (nSPS) is 12.0. The molecule has 0 aromatic heterocycles. The summed E-state index contributed by atoms with van der Waals surface area (Å²) < 4.78 is 23.9. The first-order valence-electron chi connectivity index (χ1n) is 6.81. The lowest BCUT2D eigenvalue weighted by molar-refractivity contribution is 0.354. The molecule has 1 N–H and O–H groups in total. The van der Waals surface area contributed by atoms with Crippen LogP contribution < -0.4 is 14.8 Å². The second-order valence-electron chi connectivity index (χ2n) is 4.79. The summed E-state index contributed by atoms with van der Waals surface area (Å²) in [5, 5.41) is 3.22. The molecular weight excluding hydrogens is 269 g/mol. The Morgan fingerprint density at radius 3 is 2.43 bits per heavy atom. The number of methoxy groups -OCH3 is 2. The molecule has 0 amide bonds. The second-order valence-corrected chi connectivity index (χ2v) is 4.79. The van der Waals surface area contributed by atoms with E-state index in [1.165, 1.54) is 6.07 Å². The third-order valence-electron chi connectivity index (χ3n) is 3.49. The Balaban J connectivity index is 2.22. The number of benzene rings is 2. The van der Waals surface area contributed by atoms with Gasteiger partial charge in [0.05, 0.1) is 14.2 Å². The Bertz CT molecular complexity index is 601. The van der Waals surface area contributed by atoms with E-state index in [-0.39, 0.29) is 11.9 Å². The minimum absolute atomic E-state index is 0.0406. The molecule has 0 spiro atoms. The molecule has 2 rings (SSSR count). The summed E-state index contributed by atoms with van der Waals surface area (Å²) in [5.41, 5.74) is 2.02. The molecular formula is C17H20FNO2. The van der Waals surface area contributed by atoms with E-state index < -0.39 is 0 Å². The van der Waals surface area contributed by atoms with Gasteiger partial charge in [0.1, 0.15) is 5.82 Å². The molecule has 0 aliphatic rings. The number of rotatable bonds is 6. The molecule has 0 saturated carbocycles. The van der Waals surface area contributed by atoms with Crippen LogP contribution in [0.15, 0.2) is 42.5 Å². The number of nitrogens with one attached hydrogen (secondary N) is 1. The SMILES string of the molecule is CNC(Cc1ccc(OC)c(OC)c1)c1cccc(F)c1. The quantitative estimate of drug-likeness (QED) is 0.884. The number of likely N-dealkylation sites (N-methyl/N-ethyl adjacent to an activating group) is 1. The largest absolute Gasteiger partial charge is 0.493 e. The van der Waals surface area contributed by atoms with Gasteiger partial charge in [-0.05, 0) is 48.9 Å². The Hall–Kier alpha value is -2.07. The molecule has 112 valence electrons. The molecule has 0 aliphatic heterocycles.